The van der Waals surface area contributed by atoms with E-state index in [1.165, 1.54) is 18.2 Å². The maximum absolute atomic E-state index is 16.0. The van der Waals surface area contributed by atoms with Crippen molar-refractivity contribution >= 4 is 10.0 Å². The summed E-state index contributed by atoms with van der Waals surface area (Å²) in [6.07, 6.45) is 10.3. The van der Waals surface area contributed by atoms with Crippen molar-refractivity contribution in [3.63, 3.8) is 0 Å². The molecule has 2 aliphatic rings. The Morgan fingerprint density at radius 1 is 1.23 bits per heavy atom. The van der Waals surface area contributed by atoms with Gasteiger partial charge in [-0.15, -0.1) is 10.2 Å². The summed E-state index contributed by atoms with van der Waals surface area (Å²) in [5.41, 5.74) is 0.503. The van der Waals surface area contributed by atoms with Crippen LogP contribution in [-0.4, -0.2) is 34.2 Å². The van der Waals surface area contributed by atoms with Gasteiger partial charge in [-0.2, -0.15) is 0 Å². The summed E-state index contributed by atoms with van der Waals surface area (Å²) in [5.74, 6) is -0.915. The van der Waals surface area contributed by atoms with Gasteiger partial charge in [0.15, 0.2) is 0 Å². The largest absolute Gasteiger partial charge is 0.317 e. The summed E-state index contributed by atoms with van der Waals surface area (Å²) in [7, 11) is -4.36. The fraction of sp³-hybridized carbons (Fsp3) is 0.455. The van der Waals surface area contributed by atoms with E-state index in [1.807, 2.05) is 4.57 Å². The summed E-state index contributed by atoms with van der Waals surface area (Å²) < 4.78 is 61.0. The highest BCUT2D eigenvalue weighted by molar-refractivity contribution is 7.91. The molecule has 0 amide bonds. The number of allylic oxidation sites excluding steroid dienone is 2. The Morgan fingerprint density at radius 3 is 2.68 bits per heavy atom. The first-order valence-corrected chi connectivity index (χ1v) is 12.0. The number of hydrogen-bond acceptors (Lipinski definition) is 4. The molecule has 31 heavy (non-hydrogen) atoms. The van der Waals surface area contributed by atoms with E-state index in [4.69, 9.17) is 0 Å². The lowest BCUT2D eigenvalue weighted by molar-refractivity contribution is 0.297. The Labute approximate surface area is 181 Å². The van der Waals surface area contributed by atoms with Gasteiger partial charge < -0.3 is 4.57 Å². The van der Waals surface area contributed by atoms with Crippen LogP contribution in [0.1, 0.15) is 56.6 Å². The SMILES string of the molecule is CCC1=CC(c2ccccc2F)C=CC1(F)S(=O)(=O)N[C@H]1CCC[C@@H](n2cnnc2)C1. The van der Waals surface area contributed by atoms with E-state index in [1.54, 1.807) is 37.8 Å². The maximum atomic E-state index is 16.0. The molecule has 0 bridgehead atoms. The highest BCUT2D eigenvalue weighted by Crippen LogP contribution is 2.40. The molecule has 1 saturated carbocycles. The molecule has 1 heterocycles. The van der Waals surface area contributed by atoms with Crippen LogP contribution in [0, 0.1) is 5.82 Å². The number of hydrogen-bond donors (Lipinski definition) is 1. The number of nitrogens with zero attached hydrogens (tertiary/aromatic N) is 3. The van der Waals surface area contributed by atoms with Crippen molar-refractivity contribution in [3.8, 4) is 0 Å². The molecule has 2 unspecified atom stereocenters. The van der Waals surface area contributed by atoms with Gasteiger partial charge >= 0.3 is 0 Å². The van der Waals surface area contributed by atoms with E-state index in [9.17, 15) is 12.8 Å². The van der Waals surface area contributed by atoms with Crippen LogP contribution >= 0.6 is 0 Å². The summed E-state index contributed by atoms with van der Waals surface area (Å²) in [6.45, 7) is 1.70. The van der Waals surface area contributed by atoms with Gasteiger partial charge in [0, 0.05) is 18.0 Å². The van der Waals surface area contributed by atoms with Crippen molar-refractivity contribution < 1.29 is 17.2 Å². The van der Waals surface area contributed by atoms with Gasteiger partial charge in [-0.25, -0.2) is 21.9 Å². The number of halogens is 2. The average molecular weight is 449 g/mol. The number of benzene rings is 1. The van der Waals surface area contributed by atoms with E-state index in [0.717, 1.165) is 18.9 Å². The van der Waals surface area contributed by atoms with E-state index in [2.05, 4.69) is 14.9 Å². The number of sulfonamides is 1. The van der Waals surface area contributed by atoms with E-state index < -0.39 is 26.8 Å². The lowest BCUT2D eigenvalue weighted by Crippen LogP contribution is -2.49. The van der Waals surface area contributed by atoms with Crippen LogP contribution in [0.4, 0.5) is 8.78 Å². The topological polar surface area (TPSA) is 76.9 Å². The highest BCUT2D eigenvalue weighted by atomic mass is 32.2. The highest BCUT2D eigenvalue weighted by Gasteiger charge is 2.48. The standard InChI is InChI=1S/C22H26F2N4O2S/c1-2-17-12-16(20-8-3-4-9-21(20)23)10-11-22(17,24)31(29,30)27-18-6-5-7-19(13-18)28-14-25-26-15-28/h3-4,8-12,14-16,18-19,27H,2,5-7,13H2,1H3/t16?,18-,19+,22?/m0/s1. The number of nitrogens with one attached hydrogen (secondary N) is 1. The molecular formula is C22H26F2N4O2S. The fourth-order valence-electron chi connectivity index (χ4n) is 4.52. The predicted molar refractivity (Wildman–Crippen MR) is 114 cm³/mol. The zero-order valence-electron chi connectivity index (χ0n) is 17.3. The Morgan fingerprint density at radius 2 is 1.97 bits per heavy atom. The lowest BCUT2D eigenvalue weighted by atomic mass is 9.88. The first-order chi connectivity index (χ1) is 14.8. The molecule has 4 atom stereocenters. The van der Waals surface area contributed by atoms with Crippen molar-refractivity contribution in [1.29, 1.82) is 0 Å². The molecule has 0 aliphatic heterocycles. The summed E-state index contributed by atoms with van der Waals surface area (Å²) in [5, 5.41) is 4.96. The Kier molecular flexibility index (Phi) is 6.07. The zero-order chi connectivity index (χ0) is 22.1. The van der Waals surface area contributed by atoms with Gasteiger partial charge in [0.05, 0.1) is 0 Å². The second-order valence-electron chi connectivity index (χ2n) is 8.14. The van der Waals surface area contributed by atoms with E-state index in [-0.39, 0.29) is 24.1 Å². The fourth-order valence-corrected chi connectivity index (χ4v) is 6.16. The molecule has 0 spiro atoms. The minimum Gasteiger partial charge on any atom is -0.317 e. The van der Waals surface area contributed by atoms with Crippen LogP contribution < -0.4 is 4.72 Å². The molecule has 9 heteroatoms. The van der Waals surface area contributed by atoms with Gasteiger partial charge in [-0.3, -0.25) is 0 Å². The molecule has 1 aromatic carbocycles. The van der Waals surface area contributed by atoms with Crippen molar-refractivity contribution in [3.05, 3.63) is 72.1 Å². The third-order valence-corrected chi connectivity index (χ3v) is 8.02. The maximum Gasteiger partial charge on any atom is 0.263 e. The monoisotopic (exact) mass is 448 g/mol. The van der Waals surface area contributed by atoms with Gasteiger partial charge in [-0.1, -0.05) is 37.3 Å². The summed E-state index contributed by atoms with van der Waals surface area (Å²) >= 11 is 0. The first kappa shape index (κ1) is 21.8. The third-order valence-electron chi connectivity index (χ3n) is 6.20. The Bertz CT molecular complexity index is 1080. The molecule has 4 rings (SSSR count). The van der Waals surface area contributed by atoms with Crippen LogP contribution in [-0.2, 0) is 10.0 Å². The first-order valence-electron chi connectivity index (χ1n) is 10.5. The van der Waals surface area contributed by atoms with Gasteiger partial charge in [0.2, 0.25) is 0 Å². The van der Waals surface area contributed by atoms with Crippen molar-refractivity contribution in [1.82, 2.24) is 19.5 Å². The van der Waals surface area contributed by atoms with Gasteiger partial charge in [-0.05, 0) is 55.4 Å². The van der Waals surface area contributed by atoms with Crippen LogP contribution in [0.5, 0.6) is 0 Å². The molecule has 1 fully saturated rings. The van der Waals surface area contributed by atoms with Crippen molar-refractivity contribution in [2.45, 2.75) is 62.0 Å². The molecule has 1 aromatic heterocycles. The second kappa shape index (κ2) is 8.63. The smallest absolute Gasteiger partial charge is 0.263 e. The molecule has 2 aromatic rings. The minimum absolute atomic E-state index is 0.0699. The molecule has 166 valence electrons. The molecular weight excluding hydrogens is 422 g/mol. The van der Waals surface area contributed by atoms with Crippen LogP contribution in [0.2, 0.25) is 0 Å². The van der Waals surface area contributed by atoms with Crippen molar-refractivity contribution in [2.24, 2.45) is 0 Å². The molecule has 0 radical (unpaired) electrons. The van der Waals surface area contributed by atoms with Crippen LogP contribution in [0.25, 0.3) is 0 Å². The summed E-state index contributed by atoms with van der Waals surface area (Å²) in [4.78, 5) is 0. The Balaban J connectivity index is 1.55. The Hall–Kier alpha value is -2.39. The molecule has 1 N–H and O–H groups in total. The third kappa shape index (κ3) is 4.21. The number of aromatic nitrogens is 3. The molecule has 0 saturated heterocycles. The second-order valence-corrected chi connectivity index (χ2v) is 9.98. The van der Waals surface area contributed by atoms with E-state index in [0.29, 0.717) is 18.4 Å². The zero-order valence-corrected chi connectivity index (χ0v) is 18.1. The van der Waals surface area contributed by atoms with Gasteiger partial charge in [0.1, 0.15) is 18.5 Å². The average Bonchev–Trinajstić information content (AvgIpc) is 3.29. The van der Waals surface area contributed by atoms with Crippen molar-refractivity contribution in [2.75, 3.05) is 0 Å². The lowest BCUT2D eigenvalue weighted by Gasteiger charge is -2.34. The van der Waals surface area contributed by atoms with Crippen LogP contribution in [0.15, 0.2) is 60.7 Å². The van der Waals surface area contributed by atoms with Crippen LogP contribution in [0.3, 0.4) is 0 Å². The quantitative estimate of drug-likeness (QED) is 0.673. The number of rotatable bonds is 6. The predicted octanol–water partition coefficient (Wildman–Crippen LogP) is 4.18. The summed E-state index contributed by atoms with van der Waals surface area (Å²) in [6, 6.07) is 5.94. The number of alkyl halides is 1. The van der Waals surface area contributed by atoms with E-state index >= 15 is 4.39 Å². The minimum atomic E-state index is -4.36. The molecule has 2 aliphatic carbocycles. The normalized spacial score (nSPS) is 29.0. The van der Waals surface area contributed by atoms with Gasteiger partial charge in [0.25, 0.3) is 15.0 Å². The molecule has 6 nitrogen and oxygen atoms in total.